The molecular weight excluding hydrogens is 342 g/mol. The molecule has 0 spiro atoms. The first kappa shape index (κ1) is 20.4. The van der Waals surface area contributed by atoms with Gasteiger partial charge in [-0.3, -0.25) is 4.79 Å². The molecule has 3 nitrogen and oxygen atoms in total. The second-order valence-electron chi connectivity index (χ2n) is 6.54. The van der Waals surface area contributed by atoms with Crippen molar-refractivity contribution in [3.8, 4) is 5.75 Å². The Morgan fingerprint density at radius 1 is 1.12 bits per heavy atom. The van der Waals surface area contributed by atoms with Gasteiger partial charge < -0.3 is 10.1 Å². The molecule has 2 aromatic rings. The van der Waals surface area contributed by atoms with Gasteiger partial charge in [0.25, 0.3) is 5.91 Å². The Kier molecular flexibility index (Phi) is 8.05. The van der Waals surface area contributed by atoms with Crippen LogP contribution in [0.4, 0.5) is 0 Å². The monoisotopic (exact) mass is 371 g/mol. The molecule has 0 saturated heterocycles. The van der Waals surface area contributed by atoms with Crippen molar-refractivity contribution in [2.24, 2.45) is 0 Å². The number of thioether (sulfide) groups is 1. The topological polar surface area (TPSA) is 38.3 Å². The van der Waals surface area contributed by atoms with Crippen molar-refractivity contribution in [1.82, 2.24) is 5.32 Å². The molecule has 1 N–H and O–H groups in total. The molecule has 2 aromatic carbocycles. The van der Waals surface area contributed by atoms with Crippen molar-refractivity contribution in [3.63, 3.8) is 0 Å². The molecule has 0 aromatic heterocycles. The summed E-state index contributed by atoms with van der Waals surface area (Å²) in [6.45, 7) is 8.80. The maximum Gasteiger partial charge on any atom is 0.261 e. The molecule has 0 aliphatic heterocycles. The van der Waals surface area contributed by atoms with Crippen molar-refractivity contribution < 1.29 is 9.53 Å². The van der Waals surface area contributed by atoms with E-state index >= 15 is 0 Å². The van der Waals surface area contributed by atoms with Gasteiger partial charge in [0, 0.05) is 18.1 Å². The first-order chi connectivity index (χ1) is 12.5. The van der Waals surface area contributed by atoms with Crippen LogP contribution in [0.25, 0.3) is 0 Å². The van der Waals surface area contributed by atoms with Crippen molar-refractivity contribution in [1.29, 1.82) is 0 Å². The Morgan fingerprint density at radius 2 is 1.85 bits per heavy atom. The maximum absolute atomic E-state index is 12.4. The van der Waals surface area contributed by atoms with E-state index in [9.17, 15) is 4.79 Å². The van der Waals surface area contributed by atoms with Gasteiger partial charge >= 0.3 is 0 Å². The third-order valence-electron chi connectivity index (χ3n) is 4.42. The average Bonchev–Trinajstić information content (AvgIpc) is 2.64. The predicted octanol–water partition coefficient (Wildman–Crippen LogP) is 4.82. The molecule has 0 radical (unpaired) electrons. The smallest absolute Gasteiger partial charge is 0.261 e. The number of nitrogens with one attached hydrogen (secondary N) is 1. The van der Waals surface area contributed by atoms with E-state index in [4.69, 9.17) is 4.74 Å². The number of hydrogen-bond donors (Lipinski definition) is 1. The van der Waals surface area contributed by atoms with E-state index in [1.165, 1.54) is 16.7 Å². The number of carbonyl (C=O) groups is 1. The molecule has 26 heavy (non-hydrogen) atoms. The third-order valence-corrected chi connectivity index (χ3v) is 5.45. The van der Waals surface area contributed by atoms with Gasteiger partial charge in [-0.25, -0.2) is 0 Å². The van der Waals surface area contributed by atoms with Crippen molar-refractivity contribution in [2.75, 3.05) is 12.3 Å². The largest absolute Gasteiger partial charge is 0.480 e. The minimum atomic E-state index is -0.447. The van der Waals surface area contributed by atoms with Crippen LogP contribution in [0.5, 0.6) is 5.75 Å². The summed E-state index contributed by atoms with van der Waals surface area (Å²) < 4.78 is 5.96. The van der Waals surface area contributed by atoms with Crippen LogP contribution in [0, 0.1) is 20.8 Å². The predicted molar refractivity (Wildman–Crippen MR) is 111 cm³/mol. The van der Waals surface area contributed by atoms with Gasteiger partial charge in [0.05, 0.1) is 0 Å². The normalized spacial score (nSPS) is 11.8. The molecule has 0 aliphatic rings. The first-order valence-electron chi connectivity index (χ1n) is 9.15. The van der Waals surface area contributed by atoms with Crippen molar-refractivity contribution in [3.05, 3.63) is 64.7 Å². The molecule has 0 heterocycles. The number of rotatable bonds is 9. The number of benzene rings is 2. The van der Waals surface area contributed by atoms with Gasteiger partial charge in [-0.1, -0.05) is 48.9 Å². The molecule has 2 rings (SSSR count). The lowest BCUT2D eigenvalue weighted by Gasteiger charge is -2.19. The zero-order valence-corrected chi connectivity index (χ0v) is 17.0. The van der Waals surface area contributed by atoms with Crippen molar-refractivity contribution >= 4 is 17.7 Å². The summed E-state index contributed by atoms with van der Waals surface area (Å²) in [5.74, 6) is 2.61. The van der Waals surface area contributed by atoms with Crippen LogP contribution >= 0.6 is 11.8 Å². The fourth-order valence-electron chi connectivity index (χ4n) is 2.56. The molecule has 0 bridgehead atoms. The highest BCUT2D eigenvalue weighted by Crippen LogP contribution is 2.22. The van der Waals surface area contributed by atoms with Gasteiger partial charge in [-0.15, -0.1) is 0 Å². The lowest BCUT2D eigenvalue weighted by atomic mass is 10.1. The van der Waals surface area contributed by atoms with Crippen LogP contribution in [-0.2, 0) is 10.5 Å². The second kappa shape index (κ2) is 10.3. The molecule has 0 saturated carbocycles. The zero-order valence-electron chi connectivity index (χ0n) is 16.2. The number of ether oxygens (including phenoxy) is 1. The molecular formula is C22H29NO2S. The Balaban J connectivity index is 1.74. The first-order valence-corrected chi connectivity index (χ1v) is 10.3. The van der Waals surface area contributed by atoms with E-state index in [1.807, 2.05) is 37.7 Å². The summed E-state index contributed by atoms with van der Waals surface area (Å²) in [5.41, 5.74) is 4.86. The average molecular weight is 372 g/mol. The maximum atomic E-state index is 12.4. The summed E-state index contributed by atoms with van der Waals surface area (Å²) in [6, 6.07) is 14.5. The number of carbonyl (C=O) groups excluding carboxylic acids is 1. The lowest BCUT2D eigenvalue weighted by Crippen LogP contribution is -2.39. The summed E-state index contributed by atoms with van der Waals surface area (Å²) in [5, 5.41) is 3.00. The van der Waals surface area contributed by atoms with Crippen LogP contribution < -0.4 is 10.1 Å². The molecule has 0 aliphatic carbocycles. The van der Waals surface area contributed by atoms with E-state index in [0.717, 1.165) is 22.8 Å². The minimum Gasteiger partial charge on any atom is -0.480 e. The van der Waals surface area contributed by atoms with Gasteiger partial charge in [0.15, 0.2) is 6.10 Å². The molecule has 4 heteroatoms. The van der Waals surface area contributed by atoms with Crippen LogP contribution in [0.15, 0.2) is 42.5 Å². The SMILES string of the molecule is CCC(Oc1cccc(C)c1C)C(=O)NCCSCc1ccc(C)cc1. The van der Waals surface area contributed by atoms with Crippen LogP contribution in [-0.4, -0.2) is 24.3 Å². The van der Waals surface area contributed by atoms with Crippen LogP contribution in [0.1, 0.15) is 35.6 Å². The quantitative estimate of drug-likeness (QED) is 0.642. The lowest BCUT2D eigenvalue weighted by molar-refractivity contribution is -0.128. The third kappa shape index (κ3) is 6.10. The van der Waals surface area contributed by atoms with Crippen LogP contribution in [0.2, 0.25) is 0 Å². The molecule has 1 amide bonds. The minimum absolute atomic E-state index is 0.0376. The molecule has 1 atom stereocenters. The summed E-state index contributed by atoms with van der Waals surface area (Å²) in [4.78, 5) is 12.4. The van der Waals surface area contributed by atoms with Crippen LogP contribution in [0.3, 0.4) is 0 Å². The highest BCUT2D eigenvalue weighted by Gasteiger charge is 2.18. The van der Waals surface area contributed by atoms with Gasteiger partial charge in [-0.05, 0) is 49.9 Å². The number of amides is 1. The zero-order chi connectivity index (χ0) is 18.9. The van der Waals surface area contributed by atoms with Crippen molar-refractivity contribution in [2.45, 2.75) is 46.0 Å². The van der Waals surface area contributed by atoms with E-state index < -0.39 is 6.10 Å². The van der Waals surface area contributed by atoms with E-state index in [-0.39, 0.29) is 5.91 Å². The second-order valence-corrected chi connectivity index (χ2v) is 7.65. The number of hydrogen-bond acceptors (Lipinski definition) is 3. The van der Waals surface area contributed by atoms with Gasteiger partial charge in [0.2, 0.25) is 0 Å². The molecule has 0 fully saturated rings. The fraction of sp³-hybridized carbons (Fsp3) is 0.409. The van der Waals surface area contributed by atoms with E-state index in [2.05, 4.69) is 49.5 Å². The molecule has 140 valence electrons. The molecule has 1 unspecified atom stereocenters. The summed E-state index contributed by atoms with van der Waals surface area (Å²) >= 11 is 1.83. The standard InChI is InChI=1S/C22H29NO2S/c1-5-20(25-21-8-6-7-17(3)18(21)4)22(24)23-13-14-26-15-19-11-9-16(2)10-12-19/h6-12,20H,5,13-15H2,1-4H3,(H,23,24). The number of aryl methyl sites for hydroxylation is 2. The summed E-state index contributed by atoms with van der Waals surface area (Å²) in [7, 11) is 0. The van der Waals surface area contributed by atoms with Gasteiger partial charge in [0.1, 0.15) is 5.75 Å². The highest BCUT2D eigenvalue weighted by molar-refractivity contribution is 7.98. The summed E-state index contributed by atoms with van der Waals surface area (Å²) in [6.07, 6.45) is 0.202. The fourth-order valence-corrected chi connectivity index (χ4v) is 3.38. The Bertz CT molecular complexity index is 713. The Hall–Kier alpha value is -1.94. The van der Waals surface area contributed by atoms with E-state index in [1.54, 1.807) is 0 Å². The van der Waals surface area contributed by atoms with Gasteiger partial charge in [-0.2, -0.15) is 11.8 Å². The highest BCUT2D eigenvalue weighted by atomic mass is 32.2. The Labute approximate surface area is 161 Å². The Morgan fingerprint density at radius 3 is 2.54 bits per heavy atom. The van der Waals surface area contributed by atoms with E-state index in [0.29, 0.717) is 13.0 Å².